The predicted octanol–water partition coefficient (Wildman–Crippen LogP) is -0.835. The molecule has 1 aromatic rings. The molecule has 1 aliphatic heterocycles. The number of methoxy groups -OCH3 is 1. The lowest BCUT2D eigenvalue weighted by Gasteiger charge is -2.14. The van der Waals surface area contributed by atoms with Crippen molar-refractivity contribution < 1.29 is 14.6 Å². The number of carbonyl (C=O) groups excluding carboxylic acids is 1. The highest BCUT2D eigenvalue weighted by atomic mass is 16.5. The molecular weight excluding hydrogens is 212 g/mol. The Morgan fingerprint density at radius 3 is 2.94 bits per heavy atom. The van der Waals surface area contributed by atoms with Crippen molar-refractivity contribution in [1.29, 1.82) is 0 Å². The maximum Gasteiger partial charge on any atom is 0.237 e. The summed E-state index contributed by atoms with van der Waals surface area (Å²) >= 11 is 0. The smallest absolute Gasteiger partial charge is 0.237 e. The molecule has 0 spiro atoms. The fraction of sp³-hybridized carbons (Fsp3) is 0.444. The average molecular weight is 224 g/mol. The minimum atomic E-state index is -0.677. The number of nitrogens with two attached hydrogens (primary N) is 1. The summed E-state index contributed by atoms with van der Waals surface area (Å²) in [5.41, 5.74) is 5.55. The van der Waals surface area contributed by atoms with Crippen molar-refractivity contribution in [1.82, 2.24) is 9.97 Å². The normalized spacial score (nSPS) is 20.2. The first-order valence-electron chi connectivity index (χ1n) is 4.77. The Bertz CT molecular complexity index is 423. The molecule has 86 valence electrons. The average Bonchev–Trinajstić information content (AvgIpc) is 2.57. The van der Waals surface area contributed by atoms with Crippen LogP contribution in [0.4, 0.5) is 11.8 Å². The van der Waals surface area contributed by atoms with Gasteiger partial charge in [0.05, 0.1) is 26.2 Å². The zero-order valence-corrected chi connectivity index (χ0v) is 8.75. The van der Waals surface area contributed by atoms with Gasteiger partial charge in [-0.25, -0.2) is 0 Å². The summed E-state index contributed by atoms with van der Waals surface area (Å²) < 4.78 is 4.93. The zero-order valence-electron chi connectivity index (χ0n) is 8.75. The molecule has 1 fully saturated rings. The Morgan fingerprint density at radius 2 is 2.38 bits per heavy atom. The molecule has 1 aliphatic rings. The SMILES string of the molecule is COc1cc(N)nc(N2CC(O)CC2=O)n1. The third-order valence-corrected chi connectivity index (χ3v) is 2.27. The van der Waals surface area contributed by atoms with Gasteiger partial charge < -0.3 is 15.6 Å². The van der Waals surface area contributed by atoms with Crippen LogP contribution < -0.4 is 15.4 Å². The molecule has 16 heavy (non-hydrogen) atoms. The highest BCUT2D eigenvalue weighted by Gasteiger charge is 2.31. The molecule has 0 saturated carbocycles. The summed E-state index contributed by atoms with van der Waals surface area (Å²) in [7, 11) is 1.45. The van der Waals surface area contributed by atoms with Gasteiger partial charge in [0.2, 0.25) is 17.7 Å². The molecule has 1 amide bonds. The minimum absolute atomic E-state index is 0.0838. The number of hydrogen-bond acceptors (Lipinski definition) is 6. The number of hydrogen-bond donors (Lipinski definition) is 2. The van der Waals surface area contributed by atoms with Crippen molar-refractivity contribution in [2.45, 2.75) is 12.5 Å². The fourth-order valence-corrected chi connectivity index (χ4v) is 1.54. The van der Waals surface area contributed by atoms with E-state index in [9.17, 15) is 9.90 Å². The van der Waals surface area contributed by atoms with Gasteiger partial charge in [0.1, 0.15) is 5.82 Å². The van der Waals surface area contributed by atoms with Crippen molar-refractivity contribution in [3.8, 4) is 5.88 Å². The van der Waals surface area contributed by atoms with Crippen LogP contribution in [0.25, 0.3) is 0 Å². The molecule has 0 aliphatic carbocycles. The second kappa shape index (κ2) is 3.93. The van der Waals surface area contributed by atoms with Crippen LogP contribution in [0.3, 0.4) is 0 Å². The number of aliphatic hydroxyl groups excluding tert-OH is 1. The molecular formula is C9H12N4O3. The second-order valence-corrected chi connectivity index (χ2v) is 3.50. The molecule has 7 heteroatoms. The Labute approximate surface area is 91.9 Å². The van der Waals surface area contributed by atoms with Gasteiger partial charge in [-0.3, -0.25) is 9.69 Å². The lowest BCUT2D eigenvalue weighted by molar-refractivity contribution is -0.117. The summed E-state index contributed by atoms with van der Waals surface area (Å²) in [6.07, 6.45) is -0.593. The summed E-state index contributed by atoms with van der Waals surface area (Å²) in [6.45, 7) is 0.186. The molecule has 2 heterocycles. The van der Waals surface area contributed by atoms with E-state index in [1.807, 2.05) is 0 Å². The van der Waals surface area contributed by atoms with E-state index in [1.165, 1.54) is 18.1 Å². The topological polar surface area (TPSA) is 102 Å². The van der Waals surface area contributed by atoms with E-state index < -0.39 is 6.10 Å². The van der Waals surface area contributed by atoms with Gasteiger partial charge in [0.15, 0.2) is 0 Å². The molecule has 1 atom stereocenters. The van der Waals surface area contributed by atoms with Gasteiger partial charge in [0, 0.05) is 6.07 Å². The third-order valence-electron chi connectivity index (χ3n) is 2.27. The van der Waals surface area contributed by atoms with E-state index in [0.29, 0.717) is 0 Å². The molecule has 0 radical (unpaired) electrons. The summed E-state index contributed by atoms with van der Waals surface area (Å²) in [5.74, 6) is 0.450. The molecule has 1 saturated heterocycles. The lowest BCUT2D eigenvalue weighted by atomic mass is 10.3. The van der Waals surface area contributed by atoms with Gasteiger partial charge in [-0.15, -0.1) is 0 Å². The highest BCUT2D eigenvalue weighted by Crippen LogP contribution is 2.21. The van der Waals surface area contributed by atoms with Crippen LogP contribution in [0.15, 0.2) is 6.07 Å². The van der Waals surface area contributed by atoms with E-state index in [-0.39, 0.29) is 36.5 Å². The highest BCUT2D eigenvalue weighted by molar-refractivity contribution is 5.94. The Hall–Kier alpha value is -1.89. The Morgan fingerprint density at radius 1 is 1.62 bits per heavy atom. The van der Waals surface area contributed by atoms with E-state index in [2.05, 4.69) is 9.97 Å². The van der Waals surface area contributed by atoms with Gasteiger partial charge in [-0.05, 0) is 0 Å². The van der Waals surface area contributed by atoms with Crippen molar-refractivity contribution >= 4 is 17.7 Å². The van der Waals surface area contributed by atoms with E-state index in [4.69, 9.17) is 10.5 Å². The molecule has 2 rings (SSSR count). The van der Waals surface area contributed by atoms with Crippen LogP contribution in [-0.2, 0) is 4.79 Å². The number of aliphatic hydroxyl groups is 1. The lowest BCUT2D eigenvalue weighted by Crippen LogP contribution is -2.27. The predicted molar refractivity (Wildman–Crippen MR) is 56.0 cm³/mol. The molecule has 3 N–H and O–H groups in total. The number of ether oxygens (including phenoxy) is 1. The van der Waals surface area contributed by atoms with Crippen LogP contribution in [0, 0.1) is 0 Å². The summed E-state index contributed by atoms with van der Waals surface area (Å²) in [6, 6.07) is 1.46. The second-order valence-electron chi connectivity index (χ2n) is 3.50. The molecule has 0 aromatic carbocycles. The number of aromatic nitrogens is 2. The minimum Gasteiger partial charge on any atom is -0.481 e. The number of rotatable bonds is 2. The molecule has 1 aromatic heterocycles. The van der Waals surface area contributed by atoms with Crippen molar-refractivity contribution in [2.24, 2.45) is 0 Å². The van der Waals surface area contributed by atoms with Crippen LogP contribution in [0.1, 0.15) is 6.42 Å². The Balaban J connectivity index is 2.33. The number of nitrogens with zero attached hydrogens (tertiary/aromatic N) is 3. The Kier molecular flexibility index (Phi) is 2.61. The summed E-state index contributed by atoms with van der Waals surface area (Å²) in [5, 5.41) is 9.35. The van der Waals surface area contributed by atoms with Crippen molar-refractivity contribution in [2.75, 3.05) is 24.3 Å². The first-order chi connectivity index (χ1) is 7.60. The maximum atomic E-state index is 11.5. The van der Waals surface area contributed by atoms with E-state index in [1.54, 1.807) is 0 Å². The first-order valence-corrected chi connectivity index (χ1v) is 4.77. The molecule has 7 nitrogen and oxygen atoms in total. The summed E-state index contributed by atoms with van der Waals surface area (Å²) in [4.78, 5) is 20.7. The largest absolute Gasteiger partial charge is 0.481 e. The van der Waals surface area contributed by atoms with Crippen LogP contribution in [-0.4, -0.2) is 40.7 Å². The van der Waals surface area contributed by atoms with Crippen LogP contribution in [0.2, 0.25) is 0 Å². The zero-order chi connectivity index (χ0) is 11.7. The van der Waals surface area contributed by atoms with Crippen LogP contribution >= 0.6 is 0 Å². The number of amides is 1. The molecule has 1 unspecified atom stereocenters. The number of carbonyl (C=O) groups is 1. The fourth-order valence-electron chi connectivity index (χ4n) is 1.54. The van der Waals surface area contributed by atoms with Gasteiger partial charge in [-0.2, -0.15) is 9.97 Å². The number of anilines is 2. The van der Waals surface area contributed by atoms with Gasteiger partial charge >= 0.3 is 0 Å². The van der Waals surface area contributed by atoms with Crippen molar-refractivity contribution in [3.05, 3.63) is 6.07 Å². The number of β-amino-alcohol motifs (C(OH)–C–C–N with tert-alkyl or cyclic N) is 1. The monoisotopic (exact) mass is 224 g/mol. The number of nitrogen functional groups attached to an aromatic ring is 1. The van der Waals surface area contributed by atoms with Crippen LogP contribution in [0.5, 0.6) is 5.88 Å². The van der Waals surface area contributed by atoms with Gasteiger partial charge in [-0.1, -0.05) is 0 Å². The molecule has 0 bridgehead atoms. The van der Waals surface area contributed by atoms with E-state index >= 15 is 0 Å². The van der Waals surface area contributed by atoms with Gasteiger partial charge in [0.25, 0.3) is 0 Å². The third kappa shape index (κ3) is 1.89. The van der Waals surface area contributed by atoms with E-state index in [0.717, 1.165) is 0 Å². The quantitative estimate of drug-likeness (QED) is 0.679. The first kappa shape index (κ1) is 10.6. The standard InChI is InChI=1S/C9H12N4O3/c1-16-7-3-6(10)11-9(12-7)13-4-5(14)2-8(13)15/h3,5,14H,2,4H2,1H3,(H2,10,11,12). The maximum absolute atomic E-state index is 11.5. The van der Waals surface area contributed by atoms with Crippen molar-refractivity contribution in [3.63, 3.8) is 0 Å².